The van der Waals surface area contributed by atoms with Gasteiger partial charge in [-0.25, -0.2) is 19.6 Å². The Balaban J connectivity index is 0. The normalized spacial score (nSPS) is 11.6. The average molecular weight is 654 g/mol. The molecule has 0 aromatic heterocycles. The van der Waals surface area contributed by atoms with E-state index in [4.69, 9.17) is 19.6 Å². The largest absolute Gasteiger partial charge is 0.343 e. The summed E-state index contributed by atoms with van der Waals surface area (Å²) >= 11 is 0. The smallest absolute Gasteiger partial charge is 0.123 e. The van der Waals surface area contributed by atoms with E-state index in [9.17, 15) is 0 Å². The molecule has 0 spiro atoms. The predicted molar refractivity (Wildman–Crippen MR) is 95.8 cm³/mol. The Morgan fingerprint density at radius 1 is 0.769 bits per heavy atom. The van der Waals surface area contributed by atoms with Crippen LogP contribution in [-0.4, -0.2) is 13.2 Å². The van der Waals surface area contributed by atoms with Crippen molar-refractivity contribution in [3.63, 3.8) is 0 Å². The summed E-state index contributed by atoms with van der Waals surface area (Å²) in [4.78, 5) is 21.8. The van der Waals surface area contributed by atoms with Crippen LogP contribution in [-0.2, 0) is 30.8 Å². The fourth-order valence-electron chi connectivity index (χ4n) is 2.06. The first kappa shape index (κ1) is 29.8. The van der Waals surface area contributed by atoms with Gasteiger partial charge in [0.25, 0.3) is 0 Å². The van der Waals surface area contributed by atoms with E-state index in [0.717, 1.165) is 36.8 Å². The van der Waals surface area contributed by atoms with Crippen molar-refractivity contribution in [1.82, 2.24) is 0 Å². The van der Waals surface area contributed by atoms with Gasteiger partial charge in [0, 0.05) is 77.2 Å². The van der Waals surface area contributed by atoms with Crippen LogP contribution >= 0.6 is 0 Å². The molecule has 6 heteroatoms. The summed E-state index contributed by atoms with van der Waals surface area (Å²) in [5.41, 5.74) is 0.928. The molecule has 0 aliphatic heterocycles. The van der Waals surface area contributed by atoms with Crippen LogP contribution in [0.4, 0.5) is 0 Å². The van der Waals surface area contributed by atoms with Gasteiger partial charge in [-0.05, 0) is 44.9 Å². The van der Waals surface area contributed by atoms with Crippen LogP contribution in [0, 0.1) is 91.1 Å². The maximum atomic E-state index is 5.59. The van der Waals surface area contributed by atoms with Crippen molar-refractivity contribution in [3.8, 4) is 0 Å². The first-order valence-corrected chi connectivity index (χ1v) is 8.64. The molecule has 1 aromatic rings. The van der Waals surface area contributed by atoms with Gasteiger partial charge in [-0.15, -0.1) is 0 Å². The van der Waals surface area contributed by atoms with Crippen molar-refractivity contribution in [1.29, 1.82) is 0 Å². The Morgan fingerprint density at radius 2 is 1.15 bits per heavy atom. The number of hydrogen-bond acceptors (Lipinski definition) is 4. The molecule has 2 radical (unpaired) electrons. The van der Waals surface area contributed by atoms with E-state index in [-0.39, 0.29) is 77.2 Å². The molecule has 0 saturated heterocycles. The van der Waals surface area contributed by atoms with E-state index >= 15 is 0 Å². The van der Waals surface area contributed by atoms with Crippen LogP contribution in [0.2, 0.25) is 0 Å². The molecule has 0 heterocycles. The van der Waals surface area contributed by atoms with E-state index in [1.165, 1.54) is 0 Å². The molecule has 156 valence electrons. The number of rotatable bonds is 12. The summed E-state index contributed by atoms with van der Waals surface area (Å²) in [5.74, 6) is 0. The van der Waals surface area contributed by atoms with Crippen molar-refractivity contribution in [2.75, 3.05) is 13.2 Å². The Labute approximate surface area is 221 Å². The van der Waals surface area contributed by atoms with Gasteiger partial charge in [0.15, 0.2) is 0 Å². The molecule has 1 aromatic carbocycles. The standard InChI is InChI=1S/C20H32O4.2Tb/c1-7-9-14-21-23-19(3,4)17-12-11-13-18(16-17)20(5,6)24-22-15-10-8-2;;/h11-13,16H,1-2,7-10,14-15H2,3-6H3;;/q-2;;. The van der Waals surface area contributed by atoms with Crippen LogP contribution < -0.4 is 0 Å². The van der Waals surface area contributed by atoms with E-state index < -0.39 is 11.2 Å². The van der Waals surface area contributed by atoms with Crippen molar-refractivity contribution in [2.45, 2.75) is 64.6 Å². The second-order valence-corrected chi connectivity index (χ2v) is 6.83. The van der Waals surface area contributed by atoms with E-state index in [1.54, 1.807) is 0 Å². The molecule has 4 nitrogen and oxygen atoms in total. The van der Waals surface area contributed by atoms with Gasteiger partial charge >= 0.3 is 0 Å². The zero-order valence-corrected chi connectivity index (χ0v) is 20.5. The summed E-state index contributed by atoms with van der Waals surface area (Å²) in [6.45, 7) is 16.6. The molecular weight excluding hydrogens is 622 g/mol. The van der Waals surface area contributed by atoms with E-state index in [0.29, 0.717) is 13.2 Å². The molecule has 0 unspecified atom stereocenters. The third-order valence-electron chi connectivity index (χ3n) is 3.74. The SMILES string of the molecule is [CH2-]CCCOOC(C)(C)c1cccc(C(C)(C)OOCCC[CH2-])c1.[Tb].[Tb]. The van der Waals surface area contributed by atoms with Crippen LogP contribution in [0.3, 0.4) is 0 Å². The first-order valence-electron chi connectivity index (χ1n) is 8.64. The summed E-state index contributed by atoms with van der Waals surface area (Å²) in [5, 5.41) is 0. The van der Waals surface area contributed by atoms with E-state index in [1.807, 2.05) is 45.9 Å². The monoisotopic (exact) mass is 654 g/mol. The molecule has 0 bridgehead atoms. The topological polar surface area (TPSA) is 36.9 Å². The molecule has 0 N–H and O–H groups in total. The Morgan fingerprint density at radius 3 is 1.50 bits per heavy atom. The molecule has 26 heavy (non-hydrogen) atoms. The number of benzene rings is 1. The Kier molecular flexibility index (Phi) is 17.7. The fourth-order valence-corrected chi connectivity index (χ4v) is 2.06. The first-order chi connectivity index (χ1) is 11.3. The van der Waals surface area contributed by atoms with Crippen LogP contribution in [0.5, 0.6) is 0 Å². The minimum atomic E-state index is -0.554. The van der Waals surface area contributed by atoms with Crippen LogP contribution in [0.25, 0.3) is 0 Å². The van der Waals surface area contributed by atoms with E-state index in [2.05, 4.69) is 19.9 Å². The summed E-state index contributed by atoms with van der Waals surface area (Å²) < 4.78 is 0. The average Bonchev–Trinajstić information content (AvgIpc) is 2.56. The number of unbranched alkanes of at least 4 members (excludes halogenated alkanes) is 2. The minimum Gasteiger partial charge on any atom is -0.343 e. The third-order valence-corrected chi connectivity index (χ3v) is 3.74. The van der Waals surface area contributed by atoms with Crippen molar-refractivity contribution >= 4 is 0 Å². The van der Waals surface area contributed by atoms with Gasteiger partial charge in [-0.2, -0.15) is 12.8 Å². The molecule has 0 atom stereocenters. The van der Waals surface area contributed by atoms with Gasteiger partial charge in [0.05, 0.1) is 13.2 Å². The van der Waals surface area contributed by atoms with Crippen molar-refractivity contribution in [2.24, 2.45) is 0 Å². The quantitative estimate of drug-likeness (QED) is 0.133. The predicted octanol–water partition coefficient (Wildman–Crippen LogP) is 5.28. The van der Waals surface area contributed by atoms with Gasteiger partial charge in [0.2, 0.25) is 0 Å². The Hall–Kier alpha value is 1.63. The fraction of sp³-hybridized carbons (Fsp3) is 0.600. The van der Waals surface area contributed by atoms with Crippen molar-refractivity contribution in [3.05, 3.63) is 49.2 Å². The molecule has 1 rings (SSSR count). The summed E-state index contributed by atoms with van der Waals surface area (Å²) in [6.07, 6.45) is 3.42. The van der Waals surface area contributed by atoms with Crippen molar-refractivity contribution < 1.29 is 96.8 Å². The van der Waals surface area contributed by atoms with Crippen LogP contribution in [0.1, 0.15) is 64.5 Å². The maximum Gasteiger partial charge on any atom is 0.123 e. The Bertz CT molecular complexity index is 439. The maximum absolute atomic E-state index is 5.59. The van der Waals surface area contributed by atoms with Crippen LogP contribution in [0.15, 0.2) is 24.3 Å². The second kappa shape index (κ2) is 15.5. The molecule has 0 aliphatic carbocycles. The summed E-state index contributed by atoms with van der Waals surface area (Å²) in [7, 11) is 0. The molecule has 0 saturated carbocycles. The third kappa shape index (κ3) is 11.0. The number of hydrogen-bond donors (Lipinski definition) is 0. The van der Waals surface area contributed by atoms with Gasteiger partial charge in [-0.3, -0.25) is 0 Å². The van der Waals surface area contributed by atoms with Gasteiger partial charge in [-0.1, -0.05) is 31.0 Å². The second-order valence-electron chi connectivity index (χ2n) is 6.83. The molecular formula is C20H32O4Tb2-2. The molecule has 0 aliphatic rings. The minimum absolute atomic E-state index is 0. The summed E-state index contributed by atoms with van der Waals surface area (Å²) in [6, 6.07) is 8.10. The van der Waals surface area contributed by atoms with Gasteiger partial charge in [0.1, 0.15) is 11.2 Å². The zero-order chi connectivity index (χ0) is 18.1. The molecule has 0 fully saturated rings. The molecule has 0 amide bonds. The zero-order valence-electron chi connectivity index (χ0n) is 16.3. The van der Waals surface area contributed by atoms with Gasteiger partial charge < -0.3 is 13.8 Å².